The van der Waals surface area contributed by atoms with Gasteiger partial charge in [0.25, 0.3) is 11.8 Å². The lowest BCUT2D eigenvalue weighted by Gasteiger charge is -2.35. The minimum atomic E-state index is -0.293. The van der Waals surface area contributed by atoms with Crippen molar-refractivity contribution >= 4 is 34.2 Å². The summed E-state index contributed by atoms with van der Waals surface area (Å²) in [5, 5.41) is 5.52. The maximum Gasteiger partial charge on any atom is 0.263 e. The maximum absolute atomic E-state index is 13.5. The van der Waals surface area contributed by atoms with Crippen molar-refractivity contribution in [3.05, 3.63) is 107 Å². The summed E-state index contributed by atoms with van der Waals surface area (Å²) in [4.78, 5) is 47.5. The molecule has 7 heteroatoms. The number of pyridine rings is 1. The first kappa shape index (κ1) is 24.8. The van der Waals surface area contributed by atoms with Gasteiger partial charge in [0.15, 0.2) is 0 Å². The van der Waals surface area contributed by atoms with Crippen LogP contribution in [0.5, 0.6) is 0 Å². The number of carbonyl (C=O) groups is 3. The van der Waals surface area contributed by atoms with Crippen molar-refractivity contribution in [1.82, 2.24) is 15.2 Å². The molecule has 4 aromatic rings. The van der Waals surface area contributed by atoms with E-state index in [2.05, 4.69) is 39.5 Å². The third kappa shape index (κ3) is 4.65. The third-order valence-electron chi connectivity index (χ3n) is 7.85. The molecular formula is C32H30N4O3. The maximum atomic E-state index is 13.5. The number of nitrogens with one attached hydrogen (secondary N) is 1. The van der Waals surface area contributed by atoms with Gasteiger partial charge in [0, 0.05) is 25.5 Å². The molecule has 39 heavy (non-hydrogen) atoms. The van der Waals surface area contributed by atoms with E-state index < -0.39 is 0 Å². The molecule has 3 heterocycles. The van der Waals surface area contributed by atoms with Crippen LogP contribution in [0.2, 0.25) is 0 Å². The van der Waals surface area contributed by atoms with Crippen LogP contribution in [0.3, 0.4) is 0 Å². The van der Waals surface area contributed by atoms with Crippen LogP contribution < -0.4 is 10.2 Å². The van der Waals surface area contributed by atoms with E-state index in [9.17, 15) is 14.4 Å². The highest BCUT2D eigenvalue weighted by Gasteiger charge is 2.39. The summed E-state index contributed by atoms with van der Waals surface area (Å²) in [5.74, 6) is -0.788. The zero-order chi connectivity index (χ0) is 26.9. The molecule has 196 valence electrons. The number of benzene rings is 3. The molecule has 3 amide bonds. The molecule has 0 radical (unpaired) electrons. The molecule has 1 N–H and O–H groups in total. The molecule has 3 aromatic carbocycles. The summed E-state index contributed by atoms with van der Waals surface area (Å²) >= 11 is 0. The number of amides is 3. The number of imide groups is 1. The van der Waals surface area contributed by atoms with Crippen molar-refractivity contribution in [3.63, 3.8) is 0 Å². The number of nitrogens with zero attached hydrogens (tertiary/aromatic N) is 3. The molecule has 2 aliphatic heterocycles. The van der Waals surface area contributed by atoms with Crippen molar-refractivity contribution in [2.75, 3.05) is 18.0 Å². The van der Waals surface area contributed by atoms with E-state index in [1.807, 2.05) is 37.3 Å². The molecule has 1 aromatic heterocycles. The van der Waals surface area contributed by atoms with Crippen LogP contribution in [0.15, 0.2) is 85.2 Å². The second-order valence-corrected chi connectivity index (χ2v) is 10.3. The molecule has 2 aliphatic rings. The minimum absolute atomic E-state index is 0.00873. The van der Waals surface area contributed by atoms with Gasteiger partial charge < -0.3 is 10.2 Å². The molecule has 6 rings (SSSR count). The topological polar surface area (TPSA) is 82.6 Å². The minimum Gasteiger partial charge on any atom is -0.370 e. The SMILES string of the molecule is C[C@@H](NC(=O)[C@@H]1CCCN(c2cccc3c2C(=O)N(Cc2ccncc2)C3=O)C1)c1cccc2ccccc12. The predicted octanol–water partition coefficient (Wildman–Crippen LogP) is 5.12. The lowest BCUT2D eigenvalue weighted by atomic mass is 9.94. The van der Waals surface area contributed by atoms with Crippen LogP contribution in [0, 0.1) is 5.92 Å². The summed E-state index contributed by atoms with van der Waals surface area (Å²) in [7, 11) is 0. The van der Waals surface area contributed by atoms with E-state index in [1.54, 1.807) is 30.6 Å². The summed E-state index contributed by atoms with van der Waals surface area (Å²) in [6.07, 6.45) is 4.91. The monoisotopic (exact) mass is 518 g/mol. The number of anilines is 1. The molecule has 1 saturated heterocycles. The average molecular weight is 519 g/mol. The highest BCUT2D eigenvalue weighted by Crippen LogP contribution is 2.35. The highest BCUT2D eigenvalue weighted by molar-refractivity contribution is 6.23. The van der Waals surface area contributed by atoms with E-state index in [0.717, 1.165) is 47.0 Å². The van der Waals surface area contributed by atoms with Gasteiger partial charge in [-0.2, -0.15) is 0 Å². The Morgan fingerprint density at radius 3 is 2.59 bits per heavy atom. The molecule has 2 atom stereocenters. The van der Waals surface area contributed by atoms with Crippen molar-refractivity contribution in [3.8, 4) is 0 Å². The van der Waals surface area contributed by atoms with E-state index in [0.29, 0.717) is 17.7 Å². The Kier molecular flexibility index (Phi) is 6.57. The molecule has 0 saturated carbocycles. The van der Waals surface area contributed by atoms with Gasteiger partial charge in [0.1, 0.15) is 0 Å². The van der Waals surface area contributed by atoms with Crippen molar-refractivity contribution in [1.29, 1.82) is 0 Å². The Hall–Kier alpha value is -4.52. The zero-order valence-corrected chi connectivity index (χ0v) is 21.8. The van der Waals surface area contributed by atoms with Gasteiger partial charge in [-0.25, -0.2) is 0 Å². The Balaban J connectivity index is 1.19. The molecular weight excluding hydrogens is 488 g/mol. The van der Waals surface area contributed by atoms with E-state index >= 15 is 0 Å². The van der Waals surface area contributed by atoms with Gasteiger partial charge in [-0.1, -0.05) is 48.5 Å². The summed E-state index contributed by atoms with van der Waals surface area (Å²) in [5.41, 5.74) is 3.51. The molecule has 0 bridgehead atoms. The Morgan fingerprint density at radius 1 is 0.974 bits per heavy atom. The first-order chi connectivity index (χ1) is 19.0. The summed E-state index contributed by atoms with van der Waals surface area (Å²) in [6.45, 7) is 3.44. The second-order valence-electron chi connectivity index (χ2n) is 10.3. The zero-order valence-electron chi connectivity index (χ0n) is 21.8. The van der Waals surface area contributed by atoms with Crippen LogP contribution in [0.1, 0.15) is 57.7 Å². The van der Waals surface area contributed by atoms with Crippen LogP contribution in [0.4, 0.5) is 5.69 Å². The molecule has 0 spiro atoms. The van der Waals surface area contributed by atoms with Crippen LogP contribution >= 0.6 is 0 Å². The van der Waals surface area contributed by atoms with E-state index in [4.69, 9.17) is 0 Å². The van der Waals surface area contributed by atoms with E-state index in [-0.39, 0.29) is 36.2 Å². The smallest absolute Gasteiger partial charge is 0.263 e. The van der Waals surface area contributed by atoms with Gasteiger partial charge in [-0.3, -0.25) is 24.3 Å². The average Bonchev–Trinajstić information content (AvgIpc) is 3.22. The molecule has 0 unspecified atom stereocenters. The molecule has 7 nitrogen and oxygen atoms in total. The lowest BCUT2D eigenvalue weighted by molar-refractivity contribution is -0.125. The van der Waals surface area contributed by atoms with Crippen molar-refractivity contribution < 1.29 is 14.4 Å². The van der Waals surface area contributed by atoms with Crippen LogP contribution in [-0.2, 0) is 11.3 Å². The van der Waals surface area contributed by atoms with Crippen LogP contribution in [-0.4, -0.2) is 40.7 Å². The van der Waals surface area contributed by atoms with Crippen LogP contribution in [0.25, 0.3) is 10.8 Å². The number of piperidine rings is 1. The van der Waals surface area contributed by atoms with Gasteiger partial charge in [0.2, 0.25) is 5.91 Å². The first-order valence-corrected chi connectivity index (χ1v) is 13.4. The summed E-state index contributed by atoms with van der Waals surface area (Å²) in [6, 6.07) is 23.3. The standard InChI is InChI=1S/C32H30N4O3/c1-21(25-11-4-8-23-7-2-3-10-26(23)25)34-30(37)24-9-6-18-35(20-24)28-13-5-12-27-29(28)32(39)36(31(27)38)19-22-14-16-33-17-15-22/h2-5,7-8,10-17,21,24H,6,9,18-20H2,1H3,(H,34,37)/t21-,24-/m1/s1. The van der Waals surface area contributed by atoms with E-state index in [1.165, 1.54) is 4.90 Å². The number of fused-ring (bicyclic) bond motifs is 2. The fraction of sp³-hybridized carbons (Fsp3) is 0.250. The predicted molar refractivity (Wildman–Crippen MR) is 150 cm³/mol. The Bertz CT molecular complexity index is 1560. The van der Waals surface area contributed by atoms with Gasteiger partial charge in [0.05, 0.1) is 35.3 Å². The normalized spacial score (nSPS) is 17.8. The largest absolute Gasteiger partial charge is 0.370 e. The fourth-order valence-corrected chi connectivity index (χ4v) is 5.84. The first-order valence-electron chi connectivity index (χ1n) is 13.4. The van der Waals surface area contributed by atoms with Crippen molar-refractivity contribution in [2.45, 2.75) is 32.4 Å². The summed E-state index contributed by atoms with van der Waals surface area (Å²) < 4.78 is 0. The molecule has 0 aliphatic carbocycles. The van der Waals surface area contributed by atoms with Crippen molar-refractivity contribution in [2.24, 2.45) is 5.92 Å². The third-order valence-corrected chi connectivity index (χ3v) is 7.85. The second kappa shape index (κ2) is 10.3. The Morgan fingerprint density at radius 2 is 1.74 bits per heavy atom. The molecule has 1 fully saturated rings. The lowest BCUT2D eigenvalue weighted by Crippen LogP contribution is -2.44. The van der Waals surface area contributed by atoms with Gasteiger partial charge >= 0.3 is 0 Å². The number of hydrogen-bond acceptors (Lipinski definition) is 5. The number of rotatable bonds is 6. The number of aromatic nitrogens is 1. The fourth-order valence-electron chi connectivity index (χ4n) is 5.84. The van der Waals surface area contributed by atoms with Gasteiger partial charge in [-0.15, -0.1) is 0 Å². The van der Waals surface area contributed by atoms with Gasteiger partial charge in [-0.05, 0) is 65.9 Å². The number of hydrogen-bond donors (Lipinski definition) is 1. The Labute approximate surface area is 227 Å². The number of carbonyl (C=O) groups excluding carboxylic acids is 3. The highest BCUT2D eigenvalue weighted by atomic mass is 16.2. The quantitative estimate of drug-likeness (QED) is 0.358.